The average Bonchev–Trinajstić information content (AvgIpc) is 2.85. The smallest absolute Gasteiger partial charge is 0.163 e. The topological polar surface area (TPSA) is 59.5 Å². The molecule has 2 heterocycles. The molecule has 0 saturated carbocycles. The fraction of sp³-hybridized carbons (Fsp3) is 0.364. The maximum atomic E-state index is 14.3. The first-order valence-corrected chi connectivity index (χ1v) is 9.94. The van der Waals surface area contributed by atoms with Gasteiger partial charge >= 0.3 is 0 Å². The van der Waals surface area contributed by atoms with E-state index in [1.54, 1.807) is 24.3 Å². The third-order valence-electron chi connectivity index (χ3n) is 4.55. The van der Waals surface area contributed by atoms with E-state index in [2.05, 4.69) is 31.2 Å². The van der Waals surface area contributed by atoms with Crippen molar-refractivity contribution in [1.82, 2.24) is 14.9 Å². The van der Waals surface area contributed by atoms with Crippen molar-refractivity contribution in [2.24, 2.45) is 5.89 Å². The number of halogens is 2. The van der Waals surface area contributed by atoms with Gasteiger partial charge in [-0.25, -0.2) is 14.4 Å². The lowest BCUT2D eigenvalue weighted by atomic mass is 9.98. The molecule has 4 unspecified atom stereocenters. The Labute approximate surface area is 190 Å². The van der Waals surface area contributed by atoms with Crippen LogP contribution in [0.25, 0.3) is 10.9 Å². The normalized spacial score (nSPS) is 31.8. The number of ether oxygens (including phenoxy) is 2. The van der Waals surface area contributed by atoms with E-state index in [4.69, 9.17) is 16.3 Å². The van der Waals surface area contributed by atoms with Gasteiger partial charge in [0.05, 0.1) is 24.9 Å². The minimum absolute atomic E-state index is 0.226. The third-order valence-corrected chi connectivity index (χ3v) is 5.04. The maximum Gasteiger partial charge on any atom is 0.163 e. The molecular weight excluding hydrogens is 451 g/mol. The van der Waals surface area contributed by atoms with Crippen LogP contribution in [0, 0.1) is 11.7 Å². The van der Waals surface area contributed by atoms with Gasteiger partial charge in [-0.05, 0) is 63.0 Å². The Morgan fingerprint density at radius 3 is 2.80 bits per heavy atom. The summed E-state index contributed by atoms with van der Waals surface area (Å²) in [5, 5.41) is 3.49. The summed E-state index contributed by atoms with van der Waals surface area (Å²) in [4.78, 5) is 9.78. The SMILES string of the molecule is [2H]C1C([2H])C([2H])(COc2cc3ncnc(Nc4ccc(Br)cc4F)c3cc2OC)C([2H])C([2H])N1C. The van der Waals surface area contributed by atoms with Gasteiger partial charge in [-0.15, -0.1) is 0 Å². The summed E-state index contributed by atoms with van der Waals surface area (Å²) < 4.78 is 68.0. The van der Waals surface area contributed by atoms with Gasteiger partial charge in [0.15, 0.2) is 11.5 Å². The van der Waals surface area contributed by atoms with E-state index >= 15 is 0 Å². The Hall–Kier alpha value is -2.45. The van der Waals surface area contributed by atoms with Crippen molar-refractivity contribution < 1.29 is 20.7 Å². The molecular formula is C22H24BrFN4O2. The van der Waals surface area contributed by atoms with Gasteiger partial charge in [0, 0.05) is 22.8 Å². The second-order valence-electron chi connectivity index (χ2n) is 6.65. The Kier molecular flexibility index (Phi) is 4.68. The van der Waals surface area contributed by atoms with E-state index in [0.717, 1.165) is 0 Å². The number of nitrogens with zero attached hydrogens (tertiary/aromatic N) is 3. The molecule has 3 aromatic rings. The highest BCUT2D eigenvalue weighted by molar-refractivity contribution is 9.10. The lowest BCUT2D eigenvalue weighted by Crippen LogP contribution is -2.32. The van der Waals surface area contributed by atoms with Crippen molar-refractivity contribution in [2.75, 3.05) is 39.1 Å². The van der Waals surface area contributed by atoms with Gasteiger partial charge in [0.1, 0.15) is 18.0 Å². The minimum atomic E-state index is -1.80. The molecule has 1 N–H and O–H groups in total. The van der Waals surface area contributed by atoms with Gasteiger partial charge in [0.2, 0.25) is 0 Å². The molecule has 1 aliphatic rings. The summed E-state index contributed by atoms with van der Waals surface area (Å²) in [5.74, 6) is -1.40. The second-order valence-corrected chi connectivity index (χ2v) is 7.57. The van der Waals surface area contributed by atoms with E-state index in [1.807, 2.05) is 0 Å². The standard InChI is InChI=1S/C22H24BrFN4O2/c1-28-7-5-14(6-8-28)12-30-21-11-19-16(10-20(21)29-2)22(26-13-25-19)27-18-4-3-15(23)9-17(18)24/h3-4,9-11,13-14H,5-8,12H2,1-2H3,(H,25,26,27)/i5D,6D,7D,8D,14D. The summed E-state index contributed by atoms with van der Waals surface area (Å²) in [6, 6.07) is 7.80. The number of hydrogen-bond donors (Lipinski definition) is 1. The first-order valence-electron chi connectivity index (χ1n) is 12.0. The van der Waals surface area contributed by atoms with Crippen LogP contribution in [0.5, 0.6) is 11.5 Å². The number of aromatic nitrogens is 2. The number of anilines is 2. The molecule has 0 aliphatic carbocycles. The van der Waals surface area contributed by atoms with E-state index in [0.29, 0.717) is 21.2 Å². The zero-order valence-electron chi connectivity index (χ0n) is 21.4. The third kappa shape index (κ3) is 4.65. The Balaban J connectivity index is 1.64. The molecule has 0 spiro atoms. The van der Waals surface area contributed by atoms with Gasteiger partial charge in [-0.3, -0.25) is 0 Å². The zero-order chi connectivity index (χ0) is 25.5. The van der Waals surface area contributed by atoms with Crippen LogP contribution >= 0.6 is 15.9 Å². The van der Waals surface area contributed by atoms with Gasteiger partial charge in [-0.2, -0.15) is 0 Å². The maximum absolute atomic E-state index is 14.3. The monoisotopic (exact) mass is 479 g/mol. The molecule has 0 radical (unpaired) electrons. The van der Waals surface area contributed by atoms with Crippen LogP contribution in [0.1, 0.15) is 19.6 Å². The number of rotatable bonds is 6. The minimum Gasteiger partial charge on any atom is -0.493 e. The summed E-state index contributed by atoms with van der Waals surface area (Å²) >= 11 is 3.23. The van der Waals surface area contributed by atoms with Gasteiger partial charge in [-0.1, -0.05) is 15.9 Å². The fourth-order valence-electron chi connectivity index (χ4n) is 2.94. The number of piperidine rings is 1. The highest BCUT2D eigenvalue weighted by Crippen LogP contribution is 2.35. The van der Waals surface area contributed by atoms with Crippen molar-refractivity contribution in [2.45, 2.75) is 12.8 Å². The first-order chi connectivity index (χ1) is 16.6. The first kappa shape index (κ1) is 15.4. The molecule has 0 bridgehead atoms. The van der Waals surface area contributed by atoms with Crippen LogP contribution in [0.2, 0.25) is 0 Å². The molecule has 1 aliphatic heterocycles. The zero-order valence-corrected chi connectivity index (χ0v) is 18.0. The molecule has 158 valence electrons. The van der Waals surface area contributed by atoms with Crippen molar-refractivity contribution >= 4 is 38.3 Å². The van der Waals surface area contributed by atoms with Gasteiger partial charge in [0.25, 0.3) is 0 Å². The highest BCUT2D eigenvalue weighted by Gasteiger charge is 2.19. The number of hydrogen-bond acceptors (Lipinski definition) is 6. The summed E-state index contributed by atoms with van der Waals surface area (Å²) in [7, 11) is 2.95. The van der Waals surface area contributed by atoms with Crippen molar-refractivity contribution in [3.8, 4) is 11.5 Å². The fourth-order valence-corrected chi connectivity index (χ4v) is 3.28. The Morgan fingerprint density at radius 2 is 2.07 bits per heavy atom. The Morgan fingerprint density at radius 1 is 1.27 bits per heavy atom. The molecule has 4 atom stereocenters. The molecule has 0 amide bonds. The van der Waals surface area contributed by atoms with Crippen LogP contribution in [0.3, 0.4) is 0 Å². The number of nitrogens with one attached hydrogen (secondary N) is 1. The molecule has 2 aromatic carbocycles. The molecule has 8 heteroatoms. The Bertz CT molecular complexity index is 1230. The van der Waals surface area contributed by atoms with E-state index in [9.17, 15) is 4.39 Å². The number of likely N-dealkylation sites (tertiary alicyclic amines) is 1. The molecule has 4 rings (SSSR count). The van der Waals surface area contributed by atoms with Crippen LogP contribution in [-0.4, -0.2) is 48.7 Å². The largest absolute Gasteiger partial charge is 0.493 e. The lowest BCUT2D eigenvalue weighted by Gasteiger charge is -2.28. The predicted octanol–water partition coefficient (Wildman–Crippen LogP) is 5.00. The summed E-state index contributed by atoms with van der Waals surface area (Å²) in [5.41, 5.74) is 0.684. The van der Waals surface area contributed by atoms with E-state index in [-0.39, 0.29) is 23.8 Å². The average molecular weight is 480 g/mol. The van der Waals surface area contributed by atoms with Crippen LogP contribution in [0.15, 0.2) is 41.1 Å². The van der Waals surface area contributed by atoms with E-state index in [1.165, 1.54) is 31.5 Å². The predicted molar refractivity (Wildman–Crippen MR) is 119 cm³/mol. The van der Waals surface area contributed by atoms with Crippen LogP contribution in [-0.2, 0) is 0 Å². The van der Waals surface area contributed by atoms with Crippen LogP contribution in [0.4, 0.5) is 15.9 Å². The second kappa shape index (κ2) is 9.14. The lowest BCUT2D eigenvalue weighted by molar-refractivity contribution is 0.157. The van der Waals surface area contributed by atoms with Gasteiger partial charge < -0.3 is 19.7 Å². The number of benzene rings is 2. The van der Waals surface area contributed by atoms with Crippen molar-refractivity contribution in [3.05, 3.63) is 46.9 Å². The van der Waals surface area contributed by atoms with Crippen LogP contribution < -0.4 is 14.8 Å². The highest BCUT2D eigenvalue weighted by atomic mass is 79.9. The molecule has 1 fully saturated rings. The quantitative estimate of drug-likeness (QED) is 0.536. The molecule has 1 aromatic heterocycles. The molecule has 30 heavy (non-hydrogen) atoms. The summed E-state index contributed by atoms with van der Waals surface area (Å²) in [6.07, 6.45) is -1.24. The van der Waals surface area contributed by atoms with Crippen molar-refractivity contribution in [3.63, 3.8) is 0 Å². The number of methoxy groups -OCH3 is 1. The van der Waals surface area contributed by atoms with Crippen molar-refractivity contribution in [1.29, 1.82) is 0 Å². The van der Waals surface area contributed by atoms with E-state index < -0.39 is 37.5 Å². The molecule has 1 saturated heterocycles. The number of fused-ring (bicyclic) bond motifs is 1. The summed E-state index contributed by atoms with van der Waals surface area (Å²) in [6.45, 7) is -2.63. The molecule has 6 nitrogen and oxygen atoms in total.